The van der Waals surface area contributed by atoms with E-state index in [-0.39, 0.29) is 5.91 Å². The standard InChI is InChI=1S/C18H20N2O3/c1-12-6-9-19-16(10-12)20-17(21)18(7-8-18)13-4-5-14(22-2)15(11-13)23-3/h4-6,9-11H,7-8H2,1-3H3,(H,19,20,21). The Morgan fingerprint density at radius 3 is 2.48 bits per heavy atom. The summed E-state index contributed by atoms with van der Waals surface area (Å²) in [5.74, 6) is 1.86. The van der Waals surface area contributed by atoms with Crippen LogP contribution in [0.25, 0.3) is 0 Å². The number of ether oxygens (including phenoxy) is 2. The number of hydrogen-bond acceptors (Lipinski definition) is 4. The molecule has 1 amide bonds. The van der Waals surface area contributed by atoms with Crippen LogP contribution in [-0.2, 0) is 10.2 Å². The smallest absolute Gasteiger partial charge is 0.236 e. The number of aryl methyl sites for hydroxylation is 1. The number of rotatable bonds is 5. The van der Waals surface area contributed by atoms with Crippen molar-refractivity contribution in [3.8, 4) is 11.5 Å². The molecule has 0 bridgehead atoms. The van der Waals surface area contributed by atoms with Gasteiger partial charge in [-0.05, 0) is 55.2 Å². The highest BCUT2D eigenvalue weighted by Gasteiger charge is 2.51. The van der Waals surface area contributed by atoms with Gasteiger partial charge in [0.05, 0.1) is 19.6 Å². The van der Waals surface area contributed by atoms with Gasteiger partial charge in [-0.3, -0.25) is 4.79 Å². The summed E-state index contributed by atoms with van der Waals surface area (Å²) >= 11 is 0. The van der Waals surface area contributed by atoms with E-state index < -0.39 is 5.41 Å². The lowest BCUT2D eigenvalue weighted by Crippen LogP contribution is -2.28. The monoisotopic (exact) mass is 312 g/mol. The van der Waals surface area contributed by atoms with Crippen LogP contribution < -0.4 is 14.8 Å². The van der Waals surface area contributed by atoms with Gasteiger partial charge in [-0.2, -0.15) is 0 Å². The molecule has 2 aromatic rings. The zero-order chi connectivity index (χ0) is 16.4. The predicted octanol–water partition coefficient (Wildman–Crippen LogP) is 3.08. The molecule has 3 rings (SSSR count). The molecule has 5 heteroatoms. The molecule has 1 aromatic heterocycles. The second-order valence-corrected chi connectivity index (χ2v) is 5.82. The van der Waals surface area contributed by atoms with E-state index in [1.165, 1.54) is 0 Å². The molecule has 0 unspecified atom stereocenters. The van der Waals surface area contributed by atoms with Crippen LogP contribution in [0.15, 0.2) is 36.5 Å². The van der Waals surface area contributed by atoms with E-state index in [0.717, 1.165) is 24.0 Å². The fraction of sp³-hybridized carbons (Fsp3) is 0.333. The van der Waals surface area contributed by atoms with Gasteiger partial charge in [-0.1, -0.05) is 6.07 Å². The maximum absolute atomic E-state index is 12.7. The molecule has 1 aliphatic rings. The molecule has 1 fully saturated rings. The van der Waals surface area contributed by atoms with E-state index in [1.54, 1.807) is 20.4 Å². The minimum Gasteiger partial charge on any atom is -0.493 e. The van der Waals surface area contributed by atoms with Crippen LogP contribution in [0.2, 0.25) is 0 Å². The number of nitrogens with one attached hydrogen (secondary N) is 1. The minimum absolute atomic E-state index is 0.0252. The van der Waals surface area contributed by atoms with Gasteiger partial charge in [0.15, 0.2) is 11.5 Å². The van der Waals surface area contributed by atoms with Crippen LogP contribution in [-0.4, -0.2) is 25.1 Å². The van der Waals surface area contributed by atoms with Crippen LogP contribution in [0, 0.1) is 6.92 Å². The number of methoxy groups -OCH3 is 2. The third kappa shape index (κ3) is 2.86. The van der Waals surface area contributed by atoms with E-state index >= 15 is 0 Å². The Morgan fingerprint density at radius 2 is 1.87 bits per heavy atom. The fourth-order valence-electron chi connectivity index (χ4n) is 2.75. The molecule has 1 aliphatic carbocycles. The normalized spacial score (nSPS) is 14.9. The highest BCUT2D eigenvalue weighted by molar-refractivity contribution is 6.01. The van der Waals surface area contributed by atoms with E-state index in [2.05, 4.69) is 10.3 Å². The average molecular weight is 312 g/mol. The molecule has 1 heterocycles. The molecule has 0 radical (unpaired) electrons. The van der Waals surface area contributed by atoms with Gasteiger partial charge in [0.1, 0.15) is 5.82 Å². The first-order chi connectivity index (χ1) is 11.1. The van der Waals surface area contributed by atoms with Gasteiger partial charge in [-0.25, -0.2) is 4.98 Å². The number of carbonyl (C=O) groups excluding carboxylic acids is 1. The van der Waals surface area contributed by atoms with Crippen molar-refractivity contribution in [1.82, 2.24) is 4.98 Å². The number of pyridine rings is 1. The molecule has 0 spiro atoms. The van der Waals surface area contributed by atoms with E-state index in [1.807, 2.05) is 37.3 Å². The Kier molecular flexibility index (Phi) is 3.94. The molecule has 1 saturated carbocycles. The van der Waals surface area contributed by atoms with Crippen molar-refractivity contribution in [1.29, 1.82) is 0 Å². The molecule has 1 N–H and O–H groups in total. The molecule has 23 heavy (non-hydrogen) atoms. The van der Waals surface area contributed by atoms with E-state index in [9.17, 15) is 4.79 Å². The Bertz CT molecular complexity index is 739. The summed E-state index contributed by atoms with van der Waals surface area (Å²) in [5.41, 5.74) is 1.51. The zero-order valence-corrected chi connectivity index (χ0v) is 13.6. The van der Waals surface area contributed by atoms with Crippen LogP contribution in [0.5, 0.6) is 11.5 Å². The maximum Gasteiger partial charge on any atom is 0.236 e. The highest BCUT2D eigenvalue weighted by Crippen LogP contribution is 2.50. The molecule has 0 saturated heterocycles. The topological polar surface area (TPSA) is 60.5 Å². The summed E-state index contributed by atoms with van der Waals surface area (Å²) in [6.45, 7) is 1.97. The summed E-state index contributed by atoms with van der Waals surface area (Å²) in [6, 6.07) is 9.42. The first-order valence-electron chi connectivity index (χ1n) is 7.56. The van der Waals surface area contributed by atoms with Crippen molar-refractivity contribution in [2.75, 3.05) is 19.5 Å². The van der Waals surface area contributed by atoms with Crippen molar-refractivity contribution in [3.63, 3.8) is 0 Å². The number of aromatic nitrogens is 1. The Labute approximate surface area is 135 Å². The lowest BCUT2D eigenvalue weighted by molar-refractivity contribution is -0.118. The van der Waals surface area contributed by atoms with Crippen molar-refractivity contribution < 1.29 is 14.3 Å². The van der Waals surface area contributed by atoms with Gasteiger partial charge in [0, 0.05) is 6.20 Å². The largest absolute Gasteiger partial charge is 0.493 e. The number of anilines is 1. The lowest BCUT2D eigenvalue weighted by Gasteiger charge is -2.17. The molecule has 120 valence electrons. The third-order valence-electron chi connectivity index (χ3n) is 4.28. The summed E-state index contributed by atoms with van der Waals surface area (Å²) < 4.78 is 10.6. The number of carbonyl (C=O) groups is 1. The van der Waals surface area contributed by atoms with Crippen molar-refractivity contribution in [3.05, 3.63) is 47.7 Å². The zero-order valence-electron chi connectivity index (χ0n) is 13.6. The fourth-order valence-corrected chi connectivity index (χ4v) is 2.75. The van der Waals surface area contributed by atoms with E-state index in [4.69, 9.17) is 9.47 Å². The van der Waals surface area contributed by atoms with Crippen molar-refractivity contribution >= 4 is 11.7 Å². The first-order valence-corrected chi connectivity index (χ1v) is 7.56. The van der Waals surface area contributed by atoms with Crippen LogP contribution in [0.1, 0.15) is 24.0 Å². The van der Waals surface area contributed by atoms with Crippen molar-refractivity contribution in [2.24, 2.45) is 0 Å². The van der Waals surface area contributed by atoms with Crippen LogP contribution in [0.4, 0.5) is 5.82 Å². The second-order valence-electron chi connectivity index (χ2n) is 5.82. The second kappa shape index (κ2) is 5.91. The quantitative estimate of drug-likeness (QED) is 0.921. The highest BCUT2D eigenvalue weighted by atomic mass is 16.5. The minimum atomic E-state index is -0.495. The summed E-state index contributed by atoms with van der Waals surface area (Å²) in [4.78, 5) is 16.9. The molecule has 1 aromatic carbocycles. The SMILES string of the molecule is COc1ccc(C2(C(=O)Nc3cc(C)ccn3)CC2)cc1OC. The molecular weight excluding hydrogens is 292 g/mol. The third-order valence-corrected chi connectivity index (χ3v) is 4.28. The predicted molar refractivity (Wildman–Crippen MR) is 88.1 cm³/mol. The Balaban J connectivity index is 1.85. The number of amides is 1. The Morgan fingerprint density at radius 1 is 1.13 bits per heavy atom. The van der Waals surface area contributed by atoms with Crippen LogP contribution >= 0.6 is 0 Å². The van der Waals surface area contributed by atoms with Gasteiger partial charge in [-0.15, -0.1) is 0 Å². The number of benzene rings is 1. The molecular formula is C18H20N2O3. The molecule has 5 nitrogen and oxygen atoms in total. The maximum atomic E-state index is 12.7. The number of nitrogens with zero attached hydrogens (tertiary/aromatic N) is 1. The Hall–Kier alpha value is -2.56. The van der Waals surface area contributed by atoms with Gasteiger partial charge in [0.2, 0.25) is 5.91 Å². The summed E-state index contributed by atoms with van der Waals surface area (Å²) in [5, 5.41) is 2.93. The van der Waals surface area contributed by atoms with Gasteiger partial charge < -0.3 is 14.8 Å². The average Bonchev–Trinajstić information content (AvgIpc) is 3.36. The molecule has 0 atom stereocenters. The number of hydrogen-bond donors (Lipinski definition) is 1. The molecule has 0 aliphatic heterocycles. The lowest BCUT2D eigenvalue weighted by atomic mass is 9.94. The summed E-state index contributed by atoms with van der Waals surface area (Å²) in [7, 11) is 3.19. The first kappa shape index (κ1) is 15.3. The van der Waals surface area contributed by atoms with Crippen LogP contribution in [0.3, 0.4) is 0 Å². The van der Waals surface area contributed by atoms with Gasteiger partial charge >= 0.3 is 0 Å². The summed E-state index contributed by atoms with van der Waals surface area (Å²) in [6.07, 6.45) is 3.33. The van der Waals surface area contributed by atoms with Crippen molar-refractivity contribution in [2.45, 2.75) is 25.2 Å². The van der Waals surface area contributed by atoms with Gasteiger partial charge in [0.25, 0.3) is 0 Å². The van der Waals surface area contributed by atoms with E-state index in [0.29, 0.717) is 17.3 Å².